The SMILES string of the molecule is COc1nccc2c(-c3cc(N)ccc3Oc3ccc(Cl)cc3F)cn(C)c12. The number of nitrogens with zero attached hydrogens (tertiary/aromatic N) is 2. The number of hydrogen-bond donors (Lipinski definition) is 1. The number of pyridine rings is 1. The van der Waals surface area contributed by atoms with E-state index in [4.69, 9.17) is 26.8 Å². The molecular formula is C21H17ClFN3O2. The van der Waals surface area contributed by atoms with Crippen molar-refractivity contribution < 1.29 is 13.9 Å². The molecule has 0 fully saturated rings. The molecule has 28 heavy (non-hydrogen) atoms. The lowest BCUT2D eigenvalue weighted by molar-refractivity contribution is 0.401. The molecule has 0 aliphatic heterocycles. The van der Waals surface area contributed by atoms with Gasteiger partial charge in [-0.3, -0.25) is 0 Å². The van der Waals surface area contributed by atoms with Gasteiger partial charge in [-0.1, -0.05) is 11.6 Å². The number of benzene rings is 2. The quantitative estimate of drug-likeness (QED) is 0.467. The molecule has 2 heterocycles. The zero-order chi connectivity index (χ0) is 19.8. The molecule has 2 N–H and O–H groups in total. The maximum absolute atomic E-state index is 14.2. The lowest BCUT2D eigenvalue weighted by Crippen LogP contribution is -1.93. The zero-order valence-electron chi connectivity index (χ0n) is 15.2. The molecule has 0 bridgehead atoms. The minimum atomic E-state index is -0.543. The third-order valence-corrected chi connectivity index (χ3v) is 4.69. The van der Waals surface area contributed by atoms with E-state index in [1.165, 1.54) is 12.1 Å². The second-order valence-corrected chi connectivity index (χ2v) is 6.74. The first-order valence-corrected chi connectivity index (χ1v) is 8.86. The number of nitrogens with two attached hydrogens (primary N) is 1. The first-order chi connectivity index (χ1) is 13.5. The highest BCUT2D eigenvalue weighted by Crippen LogP contribution is 2.41. The minimum absolute atomic E-state index is 0.0786. The van der Waals surface area contributed by atoms with Gasteiger partial charge in [-0.25, -0.2) is 9.37 Å². The molecule has 0 radical (unpaired) electrons. The van der Waals surface area contributed by atoms with Crippen LogP contribution in [0.25, 0.3) is 22.0 Å². The Hall–Kier alpha value is -3.25. The number of fused-ring (bicyclic) bond motifs is 1. The van der Waals surface area contributed by atoms with E-state index in [0.29, 0.717) is 22.3 Å². The van der Waals surface area contributed by atoms with Gasteiger partial charge in [0.1, 0.15) is 11.3 Å². The van der Waals surface area contributed by atoms with Crippen molar-refractivity contribution in [1.82, 2.24) is 9.55 Å². The summed E-state index contributed by atoms with van der Waals surface area (Å²) in [6, 6.07) is 11.4. The molecule has 0 aliphatic carbocycles. The lowest BCUT2D eigenvalue weighted by Gasteiger charge is -2.12. The monoisotopic (exact) mass is 397 g/mol. The number of hydrogen-bond acceptors (Lipinski definition) is 4. The summed E-state index contributed by atoms with van der Waals surface area (Å²) in [6.07, 6.45) is 3.62. The first-order valence-electron chi connectivity index (χ1n) is 8.48. The van der Waals surface area contributed by atoms with Crippen LogP contribution in [0.1, 0.15) is 0 Å². The fourth-order valence-corrected chi connectivity index (χ4v) is 3.37. The molecule has 0 unspecified atom stereocenters. The number of aryl methyl sites for hydroxylation is 1. The van der Waals surface area contributed by atoms with Gasteiger partial charge in [0.2, 0.25) is 5.88 Å². The van der Waals surface area contributed by atoms with Gasteiger partial charge in [-0.05, 0) is 42.5 Å². The smallest absolute Gasteiger partial charge is 0.238 e. The molecule has 0 saturated carbocycles. The lowest BCUT2D eigenvalue weighted by atomic mass is 10.0. The number of anilines is 1. The summed E-state index contributed by atoms with van der Waals surface area (Å²) in [7, 11) is 3.48. The van der Waals surface area contributed by atoms with E-state index in [9.17, 15) is 4.39 Å². The van der Waals surface area contributed by atoms with Crippen molar-refractivity contribution in [2.45, 2.75) is 0 Å². The van der Waals surface area contributed by atoms with Gasteiger partial charge in [0.15, 0.2) is 11.6 Å². The molecule has 7 heteroatoms. The Labute approximate surface area is 166 Å². The summed E-state index contributed by atoms with van der Waals surface area (Å²) < 4.78 is 27.4. The standard InChI is InChI=1S/C21H17ClFN3O2/c1-26-11-16(14-7-8-25-21(27-2)20(14)26)15-10-13(24)4-6-18(15)28-19-5-3-12(22)9-17(19)23/h3-11H,24H2,1-2H3. The van der Waals surface area contributed by atoms with E-state index < -0.39 is 5.82 Å². The molecule has 2 aromatic heterocycles. The predicted molar refractivity (Wildman–Crippen MR) is 109 cm³/mol. The highest BCUT2D eigenvalue weighted by molar-refractivity contribution is 6.30. The zero-order valence-corrected chi connectivity index (χ0v) is 16.0. The van der Waals surface area contributed by atoms with Gasteiger partial charge in [-0.2, -0.15) is 0 Å². The topological polar surface area (TPSA) is 62.3 Å². The normalized spacial score (nSPS) is 11.0. The van der Waals surface area contributed by atoms with Crippen molar-refractivity contribution in [2.24, 2.45) is 7.05 Å². The molecule has 4 rings (SSSR count). The van der Waals surface area contributed by atoms with Crippen LogP contribution in [0.2, 0.25) is 5.02 Å². The van der Waals surface area contributed by atoms with Crippen LogP contribution in [0, 0.1) is 5.82 Å². The van der Waals surface area contributed by atoms with Gasteiger partial charge in [0, 0.05) is 46.7 Å². The molecule has 2 aromatic carbocycles. The van der Waals surface area contributed by atoms with Crippen molar-refractivity contribution in [2.75, 3.05) is 12.8 Å². The molecular weight excluding hydrogens is 381 g/mol. The predicted octanol–water partition coefficient (Wildman–Crippen LogP) is 5.42. The van der Waals surface area contributed by atoms with Crippen LogP contribution in [0.3, 0.4) is 0 Å². The van der Waals surface area contributed by atoms with Gasteiger partial charge >= 0.3 is 0 Å². The van der Waals surface area contributed by atoms with Crippen LogP contribution < -0.4 is 15.2 Å². The Morgan fingerprint density at radius 1 is 1.07 bits per heavy atom. The van der Waals surface area contributed by atoms with Crippen LogP contribution >= 0.6 is 11.6 Å². The number of rotatable bonds is 4. The molecule has 0 spiro atoms. The second kappa shape index (κ2) is 7.05. The van der Waals surface area contributed by atoms with Crippen LogP contribution in [-0.2, 0) is 7.05 Å². The minimum Gasteiger partial charge on any atom is -0.479 e. The number of ether oxygens (including phenoxy) is 2. The van der Waals surface area contributed by atoms with Crippen LogP contribution in [0.15, 0.2) is 54.9 Å². The molecule has 0 amide bonds. The molecule has 0 aliphatic rings. The number of halogens is 2. The second-order valence-electron chi connectivity index (χ2n) is 6.30. The highest BCUT2D eigenvalue weighted by Gasteiger charge is 2.18. The van der Waals surface area contributed by atoms with Gasteiger partial charge in [-0.15, -0.1) is 0 Å². The average Bonchev–Trinajstić information content (AvgIpc) is 3.02. The molecule has 0 saturated heterocycles. The summed E-state index contributed by atoms with van der Waals surface area (Å²) in [5.41, 5.74) is 9.03. The Morgan fingerprint density at radius 2 is 1.86 bits per heavy atom. The average molecular weight is 398 g/mol. The van der Waals surface area contributed by atoms with Gasteiger partial charge in [0.25, 0.3) is 0 Å². The fourth-order valence-electron chi connectivity index (χ4n) is 3.21. The third kappa shape index (κ3) is 3.12. The highest BCUT2D eigenvalue weighted by atomic mass is 35.5. The molecule has 4 aromatic rings. The van der Waals surface area contributed by atoms with Gasteiger partial charge < -0.3 is 19.8 Å². The summed E-state index contributed by atoms with van der Waals surface area (Å²) in [6.45, 7) is 0. The maximum Gasteiger partial charge on any atom is 0.238 e. The molecule has 0 atom stereocenters. The summed E-state index contributed by atoms with van der Waals surface area (Å²) in [4.78, 5) is 4.26. The van der Waals surface area contributed by atoms with Crippen molar-refractivity contribution in [3.8, 4) is 28.5 Å². The molecule has 5 nitrogen and oxygen atoms in total. The van der Waals surface area contributed by atoms with Crippen molar-refractivity contribution in [3.63, 3.8) is 0 Å². The maximum atomic E-state index is 14.2. The summed E-state index contributed by atoms with van der Waals surface area (Å²) in [5, 5.41) is 1.22. The summed E-state index contributed by atoms with van der Waals surface area (Å²) in [5.74, 6) is 0.522. The van der Waals surface area contributed by atoms with Crippen molar-refractivity contribution in [1.29, 1.82) is 0 Å². The fraction of sp³-hybridized carbons (Fsp3) is 0.0952. The van der Waals surface area contributed by atoms with Crippen LogP contribution in [0.4, 0.5) is 10.1 Å². The van der Waals surface area contributed by atoms with E-state index in [1.807, 2.05) is 23.9 Å². The van der Waals surface area contributed by atoms with E-state index >= 15 is 0 Å². The van der Waals surface area contributed by atoms with E-state index in [-0.39, 0.29) is 5.75 Å². The Kier molecular flexibility index (Phi) is 4.57. The van der Waals surface area contributed by atoms with E-state index in [2.05, 4.69) is 4.98 Å². The van der Waals surface area contributed by atoms with Gasteiger partial charge in [0.05, 0.1) is 7.11 Å². The summed E-state index contributed by atoms with van der Waals surface area (Å²) >= 11 is 5.83. The van der Waals surface area contributed by atoms with Crippen molar-refractivity contribution in [3.05, 3.63) is 65.7 Å². The van der Waals surface area contributed by atoms with Crippen LogP contribution in [-0.4, -0.2) is 16.7 Å². The first kappa shape index (κ1) is 18.1. The third-order valence-electron chi connectivity index (χ3n) is 4.46. The van der Waals surface area contributed by atoms with E-state index in [0.717, 1.165) is 22.0 Å². The Bertz CT molecular complexity index is 1190. The largest absolute Gasteiger partial charge is 0.479 e. The van der Waals surface area contributed by atoms with E-state index in [1.54, 1.807) is 37.6 Å². The number of methoxy groups -OCH3 is 1. The van der Waals surface area contributed by atoms with Crippen molar-refractivity contribution >= 4 is 28.2 Å². The van der Waals surface area contributed by atoms with Crippen LogP contribution in [0.5, 0.6) is 17.4 Å². The molecule has 142 valence electrons. The number of nitrogen functional groups attached to an aromatic ring is 1. The Morgan fingerprint density at radius 3 is 2.61 bits per heavy atom. The Balaban J connectivity index is 1.89. The number of aromatic nitrogens is 2.